The fourth-order valence-electron chi connectivity index (χ4n) is 2.61. The molecule has 1 saturated heterocycles. The average molecular weight is 249 g/mol. The molecule has 0 spiro atoms. The highest BCUT2D eigenvalue weighted by molar-refractivity contribution is 5.45. The van der Waals surface area contributed by atoms with Gasteiger partial charge in [-0.2, -0.15) is 0 Å². The fourth-order valence-corrected chi connectivity index (χ4v) is 2.61. The Morgan fingerprint density at radius 2 is 1.78 bits per heavy atom. The van der Waals surface area contributed by atoms with Crippen LogP contribution in [0.25, 0.3) is 0 Å². The Bertz CT molecular complexity index is 425. The van der Waals surface area contributed by atoms with Crippen LogP contribution in [0.3, 0.4) is 0 Å². The van der Waals surface area contributed by atoms with E-state index >= 15 is 0 Å². The first-order chi connectivity index (χ1) is 8.78. The van der Waals surface area contributed by atoms with Crippen LogP contribution in [0.4, 0.5) is 0 Å². The topological polar surface area (TPSA) is 53.7 Å². The lowest BCUT2D eigenvalue weighted by molar-refractivity contribution is 0.139. The minimum absolute atomic E-state index is 0.299. The molecule has 18 heavy (non-hydrogen) atoms. The molecule has 98 valence electrons. The normalized spacial score (nSPS) is 27.6. The van der Waals surface area contributed by atoms with Gasteiger partial charge in [0, 0.05) is 18.8 Å². The zero-order valence-electron chi connectivity index (χ0n) is 10.5. The largest absolute Gasteiger partial charge is 0.486 e. The smallest absolute Gasteiger partial charge is 0.161 e. The second kappa shape index (κ2) is 4.78. The Hall–Kier alpha value is -1.26. The number of benzene rings is 1. The van der Waals surface area contributed by atoms with E-state index in [2.05, 4.69) is 6.07 Å². The van der Waals surface area contributed by atoms with E-state index in [0.29, 0.717) is 13.2 Å². The highest BCUT2D eigenvalue weighted by Gasteiger charge is 2.29. The maximum absolute atomic E-state index is 6.54. The van der Waals surface area contributed by atoms with E-state index in [0.717, 1.165) is 49.5 Å². The molecule has 4 heteroatoms. The SMILES string of the molecule is NC1(c2ccc3c(c2)OCCO3)CCCOCC1. The Labute approximate surface area is 107 Å². The first-order valence-electron chi connectivity index (χ1n) is 6.55. The number of ether oxygens (including phenoxy) is 3. The molecule has 4 nitrogen and oxygen atoms in total. The lowest BCUT2D eigenvalue weighted by Gasteiger charge is -2.29. The summed E-state index contributed by atoms with van der Waals surface area (Å²) in [5.41, 5.74) is 7.36. The third-order valence-corrected chi connectivity index (χ3v) is 3.72. The number of rotatable bonds is 1. The fraction of sp³-hybridized carbons (Fsp3) is 0.571. The molecule has 1 unspecified atom stereocenters. The Balaban J connectivity index is 1.90. The summed E-state index contributed by atoms with van der Waals surface area (Å²) in [6.07, 6.45) is 2.81. The zero-order valence-corrected chi connectivity index (χ0v) is 10.5. The van der Waals surface area contributed by atoms with Crippen LogP contribution in [0.5, 0.6) is 11.5 Å². The van der Waals surface area contributed by atoms with Crippen molar-refractivity contribution in [2.75, 3.05) is 26.4 Å². The predicted molar refractivity (Wildman–Crippen MR) is 68.0 cm³/mol. The maximum atomic E-state index is 6.54. The number of nitrogens with two attached hydrogens (primary N) is 1. The van der Waals surface area contributed by atoms with Gasteiger partial charge in [-0.1, -0.05) is 6.07 Å². The van der Waals surface area contributed by atoms with Gasteiger partial charge in [0.05, 0.1) is 0 Å². The molecule has 3 rings (SSSR count). The number of fused-ring (bicyclic) bond motifs is 1. The molecule has 2 aliphatic rings. The molecule has 0 aliphatic carbocycles. The molecule has 0 saturated carbocycles. The molecule has 2 aliphatic heterocycles. The van der Waals surface area contributed by atoms with E-state index < -0.39 is 0 Å². The van der Waals surface area contributed by atoms with Crippen molar-refractivity contribution < 1.29 is 14.2 Å². The third kappa shape index (κ3) is 2.18. The van der Waals surface area contributed by atoms with Gasteiger partial charge >= 0.3 is 0 Å². The van der Waals surface area contributed by atoms with Crippen LogP contribution in [0, 0.1) is 0 Å². The molecule has 0 bridgehead atoms. The van der Waals surface area contributed by atoms with Gasteiger partial charge in [-0.25, -0.2) is 0 Å². The van der Waals surface area contributed by atoms with E-state index in [4.69, 9.17) is 19.9 Å². The zero-order chi connectivity index (χ0) is 12.4. The van der Waals surface area contributed by atoms with Crippen molar-refractivity contribution in [3.05, 3.63) is 23.8 Å². The van der Waals surface area contributed by atoms with Crippen molar-refractivity contribution in [3.63, 3.8) is 0 Å². The highest BCUT2D eigenvalue weighted by Crippen LogP contribution is 2.37. The Kier molecular flexibility index (Phi) is 3.14. The second-order valence-corrected chi connectivity index (χ2v) is 4.98. The highest BCUT2D eigenvalue weighted by atomic mass is 16.6. The molecule has 2 N–H and O–H groups in total. The number of hydrogen-bond acceptors (Lipinski definition) is 4. The maximum Gasteiger partial charge on any atom is 0.161 e. The van der Waals surface area contributed by atoms with E-state index in [1.807, 2.05) is 12.1 Å². The van der Waals surface area contributed by atoms with Gasteiger partial charge in [-0.3, -0.25) is 0 Å². The van der Waals surface area contributed by atoms with Gasteiger partial charge < -0.3 is 19.9 Å². The van der Waals surface area contributed by atoms with Crippen molar-refractivity contribution in [2.45, 2.75) is 24.8 Å². The number of hydrogen-bond donors (Lipinski definition) is 1. The molecule has 2 heterocycles. The standard InChI is InChI=1S/C14H19NO3/c15-14(4-1-6-16-7-5-14)11-2-3-12-13(10-11)18-9-8-17-12/h2-3,10H,1,4-9,15H2. The molecular weight excluding hydrogens is 230 g/mol. The summed E-state index contributed by atoms with van der Waals surface area (Å²) in [4.78, 5) is 0. The third-order valence-electron chi connectivity index (χ3n) is 3.72. The molecule has 0 amide bonds. The molecule has 1 fully saturated rings. The van der Waals surface area contributed by atoms with Crippen molar-refractivity contribution in [1.82, 2.24) is 0 Å². The van der Waals surface area contributed by atoms with E-state index in [9.17, 15) is 0 Å². The molecule has 1 aromatic rings. The van der Waals surface area contributed by atoms with Gasteiger partial charge in [0.15, 0.2) is 11.5 Å². The van der Waals surface area contributed by atoms with Gasteiger partial charge in [-0.05, 0) is 37.0 Å². The van der Waals surface area contributed by atoms with Crippen LogP contribution < -0.4 is 15.2 Å². The molecular formula is C14H19NO3. The summed E-state index contributed by atoms with van der Waals surface area (Å²) in [5.74, 6) is 1.63. The molecule has 1 atom stereocenters. The van der Waals surface area contributed by atoms with Crippen molar-refractivity contribution >= 4 is 0 Å². The van der Waals surface area contributed by atoms with Crippen molar-refractivity contribution in [3.8, 4) is 11.5 Å². The lowest BCUT2D eigenvalue weighted by Crippen LogP contribution is -2.37. The summed E-state index contributed by atoms with van der Waals surface area (Å²) < 4.78 is 16.6. The minimum atomic E-state index is -0.299. The summed E-state index contributed by atoms with van der Waals surface area (Å²) in [6, 6.07) is 6.04. The van der Waals surface area contributed by atoms with E-state index in [-0.39, 0.29) is 5.54 Å². The Morgan fingerprint density at radius 3 is 2.67 bits per heavy atom. The summed E-state index contributed by atoms with van der Waals surface area (Å²) in [5, 5.41) is 0. The van der Waals surface area contributed by atoms with Crippen LogP contribution >= 0.6 is 0 Å². The molecule has 1 aromatic carbocycles. The predicted octanol–water partition coefficient (Wildman–Crippen LogP) is 1.81. The van der Waals surface area contributed by atoms with Crippen LogP contribution in [0.1, 0.15) is 24.8 Å². The minimum Gasteiger partial charge on any atom is -0.486 e. The van der Waals surface area contributed by atoms with Crippen LogP contribution in [0.15, 0.2) is 18.2 Å². The second-order valence-electron chi connectivity index (χ2n) is 4.98. The first kappa shape index (κ1) is 11.8. The average Bonchev–Trinajstić information content (AvgIpc) is 2.64. The summed E-state index contributed by atoms with van der Waals surface area (Å²) in [6.45, 7) is 2.76. The van der Waals surface area contributed by atoms with Gasteiger partial charge in [-0.15, -0.1) is 0 Å². The quantitative estimate of drug-likeness (QED) is 0.824. The van der Waals surface area contributed by atoms with Crippen LogP contribution in [-0.2, 0) is 10.3 Å². The molecule has 0 radical (unpaired) electrons. The van der Waals surface area contributed by atoms with Crippen molar-refractivity contribution in [1.29, 1.82) is 0 Å². The molecule has 0 aromatic heterocycles. The van der Waals surface area contributed by atoms with Gasteiger partial charge in [0.2, 0.25) is 0 Å². The van der Waals surface area contributed by atoms with Crippen molar-refractivity contribution in [2.24, 2.45) is 5.73 Å². The van der Waals surface area contributed by atoms with Crippen LogP contribution in [0.2, 0.25) is 0 Å². The van der Waals surface area contributed by atoms with Gasteiger partial charge in [0.25, 0.3) is 0 Å². The summed E-state index contributed by atoms with van der Waals surface area (Å²) >= 11 is 0. The Morgan fingerprint density at radius 1 is 0.944 bits per heavy atom. The van der Waals surface area contributed by atoms with E-state index in [1.165, 1.54) is 0 Å². The summed E-state index contributed by atoms with van der Waals surface area (Å²) in [7, 11) is 0. The first-order valence-corrected chi connectivity index (χ1v) is 6.55. The van der Waals surface area contributed by atoms with E-state index in [1.54, 1.807) is 0 Å². The van der Waals surface area contributed by atoms with Crippen LogP contribution in [-0.4, -0.2) is 26.4 Å². The lowest BCUT2D eigenvalue weighted by atomic mass is 9.84. The van der Waals surface area contributed by atoms with Gasteiger partial charge in [0.1, 0.15) is 13.2 Å². The monoisotopic (exact) mass is 249 g/mol.